The number of aryl methyl sites for hydroxylation is 1. The first-order chi connectivity index (χ1) is 7.61. The normalized spacial score (nSPS) is 13.3. The van der Waals surface area contributed by atoms with E-state index in [0.717, 1.165) is 30.2 Å². The number of rotatable bonds is 7. The Morgan fingerprint density at radius 1 is 1.56 bits per heavy atom. The predicted molar refractivity (Wildman–Crippen MR) is 70.7 cm³/mol. The maximum absolute atomic E-state index is 6.06. The second-order valence-electron chi connectivity index (χ2n) is 4.46. The van der Waals surface area contributed by atoms with E-state index in [1.165, 1.54) is 12.8 Å². The number of likely N-dealkylation sites (N-methyl/N-ethyl adjacent to an activating group) is 1. The lowest BCUT2D eigenvalue weighted by Gasteiger charge is -2.20. The van der Waals surface area contributed by atoms with E-state index in [4.69, 9.17) is 5.73 Å². The third kappa shape index (κ3) is 5.05. The molecule has 92 valence electrons. The van der Waals surface area contributed by atoms with Crippen LogP contribution in [0, 0.1) is 6.92 Å². The summed E-state index contributed by atoms with van der Waals surface area (Å²) in [4.78, 5) is 6.71. The molecule has 1 rings (SSSR count). The van der Waals surface area contributed by atoms with Gasteiger partial charge in [0, 0.05) is 24.5 Å². The van der Waals surface area contributed by atoms with Crippen molar-refractivity contribution in [2.24, 2.45) is 5.73 Å². The van der Waals surface area contributed by atoms with Crippen molar-refractivity contribution in [1.82, 2.24) is 9.88 Å². The fraction of sp³-hybridized carbons (Fsp3) is 0.750. The molecule has 0 saturated carbocycles. The van der Waals surface area contributed by atoms with Crippen LogP contribution >= 0.6 is 11.3 Å². The standard InChI is InChI=1S/C12H23N3S/c1-4-5-6-11(13)7-15(3)8-12-9-16-10(2)14-12/h9,11H,4-8,13H2,1-3H3. The fourth-order valence-corrected chi connectivity index (χ4v) is 2.38. The summed E-state index contributed by atoms with van der Waals surface area (Å²) in [6, 6.07) is 0.296. The molecule has 0 amide bonds. The number of nitrogens with two attached hydrogens (primary N) is 1. The van der Waals surface area contributed by atoms with E-state index in [1.807, 2.05) is 6.92 Å². The van der Waals surface area contributed by atoms with Gasteiger partial charge in [0.15, 0.2) is 0 Å². The highest BCUT2D eigenvalue weighted by atomic mass is 32.1. The molecule has 4 heteroatoms. The van der Waals surface area contributed by atoms with Crippen LogP contribution in [0.3, 0.4) is 0 Å². The summed E-state index contributed by atoms with van der Waals surface area (Å²) in [6.07, 6.45) is 3.57. The van der Waals surface area contributed by atoms with Gasteiger partial charge >= 0.3 is 0 Å². The number of unbranched alkanes of at least 4 members (excludes halogenated alkanes) is 1. The van der Waals surface area contributed by atoms with Gasteiger partial charge in [-0.25, -0.2) is 4.98 Å². The molecule has 1 atom stereocenters. The summed E-state index contributed by atoms with van der Waals surface area (Å²) in [7, 11) is 2.11. The van der Waals surface area contributed by atoms with Crippen LogP contribution in [-0.4, -0.2) is 29.5 Å². The molecule has 0 saturated heterocycles. The van der Waals surface area contributed by atoms with Crippen molar-refractivity contribution >= 4 is 11.3 Å². The summed E-state index contributed by atoms with van der Waals surface area (Å²) in [5, 5.41) is 3.27. The number of hydrogen-bond acceptors (Lipinski definition) is 4. The minimum absolute atomic E-state index is 0.296. The molecule has 0 aromatic carbocycles. The fourth-order valence-electron chi connectivity index (χ4n) is 1.78. The Kier molecular flexibility index (Phi) is 5.95. The average Bonchev–Trinajstić information content (AvgIpc) is 2.60. The molecule has 0 aliphatic heterocycles. The summed E-state index contributed by atoms with van der Waals surface area (Å²) in [5.41, 5.74) is 7.22. The Balaban J connectivity index is 2.27. The highest BCUT2D eigenvalue weighted by Crippen LogP contribution is 2.10. The van der Waals surface area contributed by atoms with Gasteiger partial charge in [-0.15, -0.1) is 11.3 Å². The lowest BCUT2D eigenvalue weighted by Crippen LogP contribution is -2.34. The predicted octanol–water partition coefficient (Wildman–Crippen LogP) is 2.40. The van der Waals surface area contributed by atoms with E-state index in [9.17, 15) is 0 Å². The minimum Gasteiger partial charge on any atom is -0.327 e. The molecular weight excluding hydrogens is 218 g/mol. The van der Waals surface area contributed by atoms with Crippen molar-refractivity contribution in [2.75, 3.05) is 13.6 Å². The Hall–Kier alpha value is -0.450. The quantitative estimate of drug-likeness (QED) is 0.797. The van der Waals surface area contributed by atoms with Gasteiger partial charge in [-0.3, -0.25) is 4.90 Å². The summed E-state index contributed by atoms with van der Waals surface area (Å²) in [6.45, 7) is 6.11. The van der Waals surface area contributed by atoms with E-state index >= 15 is 0 Å². The Morgan fingerprint density at radius 2 is 2.31 bits per heavy atom. The molecule has 1 unspecified atom stereocenters. The topological polar surface area (TPSA) is 42.1 Å². The van der Waals surface area contributed by atoms with E-state index in [1.54, 1.807) is 11.3 Å². The third-order valence-electron chi connectivity index (χ3n) is 2.57. The highest BCUT2D eigenvalue weighted by molar-refractivity contribution is 7.09. The van der Waals surface area contributed by atoms with E-state index in [-0.39, 0.29) is 0 Å². The van der Waals surface area contributed by atoms with E-state index in [2.05, 4.69) is 29.2 Å². The first-order valence-corrected chi connectivity index (χ1v) is 6.85. The smallest absolute Gasteiger partial charge is 0.0897 e. The zero-order valence-corrected chi connectivity index (χ0v) is 11.4. The van der Waals surface area contributed by atoms with Gasteiger partial charge in [-0.2, -0.15) is 0 Å². The molecule has 1 aromatic heterocycles. The van der Waals surface area contributed by atoms with Crippen LogP contribution in [-0.2, 0) is 6.54 Å². The van der Waals surface area contributed by atoms with Crippen LogP contribution in [0.15, 0.2) is 5.38 Å². The van der Waals surface area contributed by atoms with Gasteiger partial charge in [0.2, 0.25) is 0 Å². The molecule has 3 nitrogen and oxygen atoms in total. The summed E-state index contributed by atoms with van der Waals surface area (Å²) >= 11 is 1.71. The number of aromatic nitrogens is 1. The van der Waals surface area contributed by atoms with Gasteiger partial charge in [0.1, 0.15) is 0 Å². The van der Waals surface area contributed by atoms with Gasteiger partial charge in [-0.1, -0.05) is 19.8 Å². The summed E-state index contributed by atoms with van der Waals surface area (Å²) < 4.78 is 0. The number of nitrogens with zero attached hydrogens (tertiary/aromatic N) is 2. The van der Waals surface area contributed by atoms with Crippen LogP contribution in [0.4, 0.5) is 0 Å². The van der Waals surface area contributed by atoms with Crippen LogP contribution < -0.4 is 5.73 Å². The molecule has 0 bridgehead atoms. The zero-order valence-electron chi connectivity index (χ0n) is 10.6. The van der Waals surface area contributed by atoms with E-state index < -0.39 is 0 Å². The van der Waals surface area contributed by atoms with Crippen LogP contribution in [0.1, 0.15) is 36.9 Å². The van der Waals surface area contributed by atoms with Crippen LogP contribution in [0.25, 0.3) is 0 Å². The van der Waals surface area contributed by atoms with Gasteiger partial charge in [-0.05, 0) is 20.4 Å². The lowest BCUT2D eigenvalue weighted by atomic mass is 10.1. The molecule has 0 aliphatic carbocycles. The maximum Gasteiger partial charge on any atom is 0.0897 e. The minimum atomic E-state index is 0.296. The monoisotopic (exact) mass is 241 g/mol. The van der Waals surface area contributed by atoms with E-state index in [0.29, 0.717) is 6.04 Å². The van der Waals surface area contributed by atoms with Crippen LogP contribution in [0.5, 0.6) is 0 Å². The third-order valence-corrected chi connectivity index (χ3v) is 3.40. The average molecular weight is 241 g/mol. The first-order valence-electron chi connectivity index (χ1n) is 5.97. The second-order valence-corrected chi connectivity index (χ2v) is 5.52. The SMILES string of the molecule is CCCCC(N)CN(C)Cc1csc(C)n1. The van der Waals surface area contributed by atoms with Gasteiger partial charge < -0.3 is 5.73 Å². The Morgan fingerprint density at radius 3 is 2.88 bits per heavy atom. The lowest BCUT2D eigenvalue weighted by molar-refractivity contribution is 0.293. The van der Waals surface area contributed by atoms with Crippen molar-refractivity contribution in [3.8, 4) is 0 Å². The molecule has 0 radical (unpaired) electrons. The second kappa shape index (κ2) is 6.99. The Bertz CT molecular complexity index is 298. The zero-order chi connectivity index (χ0) is 12.0. The number of thiazole rings is 1. The van der Waals surface area contributed by atoms with Crippen molar-refractivity contribution in [3.05, 3.63) is 16.1 Å². The molecule has 0 aliphatic rings. The van der Waals surface area contributed by atoms with Crippen molar-refractivity contribution in [3.63, 3.8) is 0 Å². The van der Waals surface area contributed by atoms with Gasteiger partial charge in [0.05, 0.1) is 10.7 Å². The van der Waals surface area contributed by atoms with Gasteiger partial charge in [0.25, 0.3) is 0 Å². The molecule has 1 aromatic rings. The number of hydrogen-bond donors (Lipinski definition) is 1. The Labute approximate surface area is 103 Å². The highest BCUT2D eigenvalue weighted by Gasteiger charge is 2.08. The molecule has 0 spiro atoms. The molecule has 0 fully saturated rings. The maximum atomic E-state index is 6.06. The van der Waals surface area contributed by atoms with Crippen molar-refractivity contribution in [1.29, 1.82) is 0 Å². The molecule has 1 heterocycles. The van der Waals surface area contributed by atoms with Crippen molar-refractivity contribution in [2.45, 2.75) is 45.7 Å². The van der Waals surface area contributed by atoms with Crippen molar-refractivity contribution < 1.29 is 0 Å². The molecular formula is C12H23N3S. The first kappa shape index (κ1) is 13.6. The molecule has 16 heavy (non-hydrogen) atoms. The summed E-state index contributed by atoms with van der Waals surface area (Å²) in [5.74, 6) is 0. The van der Waals surface area contributed by atoms with Crippen LogP contribution in [0.2, 0.25) is 0 Å². The largest absolute Gasteiger partial charge is 0.327 e. The molecule has 2 N–H and O–H groups in total.